The zero-order valence-electron chi connectivity index (χ0n) is 8.60. The molecule has 2 heterocycles. The number of benzene rings is 1. The van der Waals surface area contributed by atoms with Crippen LogP contribution >= 0.6 is 23.5 Å². The van der Waals surface area contributed by atoms with Crippen LogP contribution < -0.4 is 0 Å². The van der Waals surface area contributed by atoms with E-state index in [2.05, 4.69) is 30.3 Å². The standard InChI is InChI=1S/C13H10OS2/c14-6-9-5-11-10-3-1-2-4-12(10)16-8-13(11)15-7-9/h1-6H,7-8H2. The van der Waals surface area contributed by atoms with E-state index in [1.165, 1.54) is 20.9 Å². The third kappa shape index (κ3) is 1.64. The van der Waals surface area contributed by atoms with Gasteiger partial charge in [-0.05, 0) is 23.3 Å². The van der Waals surface area contributed by atoms with Gasteiger partial charge in [0.05, 0.1) is 0 Å². The van der Waals surface area contributed by atoms with Crippen LogP contribution in [0.25, 0.3) is 5.57 Å². The molecule has 0 saturated heterocycles. The van der Waals surface area contributed by atoms with Crippen LogP contribution in [-0.4, -0.2) is 17.8 Å². The van der Waals surface area contributed by atoms with Crippen LogP contribution in [0.3, 0.4) is 0 Å². The molecule has 2 aliphatic heterocycles. The third-order valence-corrected chi connectivity index (χ3v) is 5.20. The highest BCUT2D eigenvalue weighted by Gasteiger charge is 2.21. The number of rotatable bonds is 1. The van der Waals surface area contributed by atoms with Crippen molar-refractivity contribution in [2.75, 3.05) is 11.5 Å². The van der Waals surface area contributed by atoms with Crippen molar-refractivity contribution >= 4 is 35.4 Å². The fraction of sp³-hybridized carbons (Fsp3) is 0.154. The SMILES string of the molecule is O=CC1=CC2=C(CSc3ccccc32)SC1. The van der Waals surface area contributed by atoms with E-state index in [1.807, 2.05) is 11.8 Å². The molecule has 0 unspecified atom stereocenters. The van der Waals surface area contributed by atoms with Crippen molar-refractivity contribution < 1.29 is 4.79 Å². The van der Waals surface area contributed by atoms with Crippen LogP contribution in [0, 0.1) is 0 Å². The normalized spacial score (nSPS) is 18.6. The quantitative estimate of drug-likeness (QED) is 0.707. The highest BCUT2D eigenvalue weighted by atomic mass is 32.2. The van der Waals surface area contributed by atoms with E-state index in [9.17, 15) is 4.79 Å². The summed E-state index contributed by atoms with van der Waals surface area (Å²) in [6, 6.07) is 8.42. The average molecular weight is 246 g/mol. The molecule has 0 aromatic heterocycles. The van der Waals surface area contributed by atoms with Gasteiger partial charge in [0.25, 0.3) is 0 Å². The summed E-state index contributed by atoms with van der Waals surface area (Å²) in [6.07, 6.45) is 3.03. The van der Waals surface area contributed by atoms with Crippen molar-refractivity contribution in [3.05, 3.63) is 46.4 Å². The van der Waals surface area contributed by atoms with E-state index in [0.717, 1.165) is 23.4 Å². The van der Waals surface area contributed by atoms with Gasteiger partial charge in [0.2, 0.25) is 0 Å². The summed E-state index contributed by atoms with van der Waals surface area (Å²) in [5, 5.41) is 0. The minimum Gasteiger partial charge on any atom is -0.298 e. The van der Waals surface area contributed by atoms with E-state index in [1.54, 1.807) is 11.8 Å². The van der Waals surface area contributed by atoms with Crippen LogP contribution in [0.1, 0.15) is 5.56 Å². The lowest BCUT2D eigenvalue weighted by atomic mass is 10.0. The molecule has 3 rings (SSSR count). The van der Waals surface area contributed by atoms with E-state index in [0.29, 0.717) is 0 Å². The van der Waals surface area contributed by atoms with Gasteiger partial charge >= 0.3 is 0 Å². The summed E-state index contributed by atoms with van der Waals surface area (Å²) in [4.78, 5) is 13.6. The minimum atomic E-state index is 0.824. The summed E-state index contributed by atoms with van der Waals surface area (Å²) in [6.45, 7) is 0. The lowest BCUT2D eigenvalue weighted by Gasteiger charge is -2.24. The molecule has 0 N–H and O–H groups in total. The van der Waals surface area contributed by atoms with Gasteiger partial charge in [0.15, 0.2) is 0 Å². The summed E-state index contributed by atoms with van der Waals surface area (Å²) in [7, 11) is 0. The molecule has 0 atom stereocenters. The summed E-state index contributed by atoms with van der Waals surface area (Å²) >= 11 is 3.69. The lowest BCUT2D eigenvalue weighted by Crippen LogP contribution is -2.05. The Morgan fingerprint density at radius 2 is 2.00 bits per heavy atom. The van der Waals surface area contributed by atoms with Gasteiger partial charge in [-0.1, -0.05) is 18.2 Å². The van der Waals surface area contributed by atoms with Crippen molar-refractivity contribution in [2.45, 2.75) is 4.90 Å². The molecule has 80 valence electrons. The lowest BCUT2D eigenvalue weighted by molar-refractivity contribution is -0.104. The van der Waals surface area contributed by atoms with Crippen LogP contribution in [-0.2, 0) is 4.79 Å². The Labute approximate surface area is 103 Å². The summed E-state index contributed by atoms with van der Waals surface area (Å²) in [5.41, 5.74) is 3.43. The van der Waals surface area contributed by atoms with Crippen LogP contribution in [0.2, 0.25) is 0 Å². The number of fused-ring (bicyclic) bond motifs is 2. The maximum atomic E-state index is 10.8. The molecule has 1 nitrogen and oxygen atoms in total. The first kappa shape index (κ1) is 10.2. The molecule has 0 saturated carbocycles. The maximum Gasteiger partial charge on any atom is 0.146 e. The number of carbonyl (C=O) groups excluding carboxylic acids is 1. The van der Waals surface area contributed by atoms with Gasteiger partial charge in [-0.15, -0.1) is 23.5 Å². The largest absolute Gasteiger partial charge is 0.298 e. The highest BCUT2D eigenvalue weighted by Crippen LogP contribution is 2.44. The first-order chi connectivity index (χ1) is 7.88. The molecular formula is C13H10OS2. The molecule has 0 radical (unpaired) electrons. The van der Waals surface area contributed by atoms with E-state index in [4.69, 9.17) is 0 Å². The van der Waals surface area contributed by atoms with Gasteiger partial charge in [-0.2, -0.15) is 0 Å². The highest BCUT2D eigenvalue weighted by molar-refractivity contribution is 8.06. The van der Waals surface area contributed by atoms with Crippen molar-refractivity contribution in [3.8, 4) is 0 Å². The molecular weight excluding hydrogens is 236 g/mol. The molecule has 16 heavy (non-hydrogen) atoms. The van der Waals surface area contributed by atoms with Crippen molar-refractivity contribution in [1.82, 2.24) is 0 Å². The molecule has 0 fully saturated rings. The monoisotopic (exact) mass is 246 g/mol. The van der Waals surface area contributed by atoms with Crippen LogP contribution in [0.4, 0.5) is 0 Å². The molecule has 2 aliphatic rings. The number of aldehydes is 1. The molecule has 0 aliphatic carbocycles. The second-order valence-electron chi connectivity index (χ2n) is 3.75. The Bertz CT molecular complexity index is 514. The maximum absolute atomic E-state index is 10.8. The Kier molecular flexibility index (Phi) is 2.65. The first-order valence-corrected chi connectivity index (χ1v) is 7.09. The van der Waals surface area contributed by atoms with Gasteiger partial charge in [0, 0.05) is 26.9 Å². The molecule has 0 amide bonds. The Morgan fingerprint density at radius 3 is 2.88 bits per heavy atom. The second kappa shape index (κ2) is 4.15. The van der Waals surface area contributed by atoms with E-state index < -0.39 is 0 Å². The summed E-state index contributed by atoms with van der Waals surface area (Å²) < 4.78 is 0. The third-order valence-electron chi connectivity index (χ3n) is 2.73. The molecule has 0 spiro atoms. The van der Waals surface area contributed by atoms with Gasteiger partial charge < -0.3 is 0 Å². The number of carbonyl (C=O) groups is 1. The smallest absolute Gasteiger partial charge is 0.146 e. The minimum absolute atomic E-state index is 0.824. The zero-order valence-corrected chi connectivity index (χ0v) is 10.2. The predicted molar refractivity (Wildman–Crippen MR) is 70.7 cm³/mol. The molecule has 1 aromatic rings. The number of thioether (sulfide) groups is 2. The molecule has 1 aromatic carbocycles. The van der Waals surface area contributed by atoms with E-state index in [-0.39, 0.29) is 0 Å². The van der Waals surface area contributed by atoms with Gasteiger partial charge in [-0.3, -0.25) is 4.79 Å². The average Bonchev–Trinajstić information content (AvgIpc) is 2.38. The van der Waals surface area contributed by atoms with Gasteiger partial charge in [0.1, 0.15) is 6.29 Å². The van der Waals surface area contributed by atoms with Crippen LogP contribution in [0.5, 0.6) is 0 Å². The number of hydrogen-bond acceptors (Lipinski definition) is 3. The zero-order chi connectivity index (χ0) is 11.0. The number of allylic oxidation sites excluding steroid dienone is 2. The Morgan fingerprint density at radius 1 is 1.12 bits per heavy atom. The predicted octanol–water partition coefficient (Wildman–Crippen LogP) is 3.38. The fourth-order valence-electron chi connectivity index (χ4n) is 1.93. The summed E-state index contributed by atoms with van der Waals surface area (Å²) in [5.74, 6) is 1.87. The van der Waals surface area contributed by atoms with Gasteiger partial charge in [-0.25, -0.2) is 0 Å². The van der Waals surface area contributed by atoms with Crippen LogP contribution in [0.15, 0.2) is 45.7 Å². The van der Waals surface area contributed by atoms with Crippen molar-refractivity contribution in [2.24, 2.45) is 0 Å². The van der Waals surface area contributed by atoms with E-state index >= 15 is 0 Å². The number of hydrogen-bond donors (Lipinski definition) is 0. The topological polar surface area (TPSA) is 17.1 Å². The Balaban J connectivity index is 2.15. The van der Waals surface area contributed by atoms with Crippen molar-refractivity contribution in [1.29, 1.82) is 0 Å². The molecule has 0 bridgehead atoms. The fourth-order valence-corrected chi connectivity index (χ4v) is 4.21. The Hall–Kier alpha value is -0.930. The molecule has 3 heteroatoms. The second-order valence-corrected chi connectivity index (χ2v) is 5.83. The first-order valence-electron chi connectivity index (χ1n) is 5.12. The van der Waals surface area contributed by atoms with Crippen molar-refractivity contribution in [3.63, 3.8) is 0 Å².